The molecule has 12 heteroatoms. The van der Waals surface area contributed by atoms with Crippen LogP contribution in [0, 0.1) is 12.7 Å². The average molecular weight is 635 g/mol. The number of carbonyl (C=O) groups is 2. The summed E-state index contributed by atoms with van der Waals surface area (Å²) in [5, 5.41) is 3.58. The first-order chi connectivity index (χ1) is 19.6. The van der Waals surface area contributed by atoms with Crippen LogP contribution in [-0.4, -0.2) is 31.7 Å². The van der Waals surface area contributed by atoms with Gasteiger partial charge in [0.25, 0.3) is 0 Å². The second-order valence-corrected chi connectivity index (χ2v) is 14.2. The number of hydrogen-bond donors (Lipinski definition) is 2. The van der Waals surface area contributed by atoms with Gasteiger partial charge in [-0.3, -0.25) is 14.5 Å². The number of fused-ring (bicyclic) bond motifs is 2. The number of sulfonamides is 1. The minimum absolute atomic E-state index is 0.0577. The van der Waals surface area contributed by atoms with Crippen LogP contribution in [0.1, 0.15) is 56.3 Å². The number of carbonyl (C=O) groups excluding carboxylic acids is 2. The van der Waals surface area contributed by atoms with Crippen molar-refractivity contribution < 1.29 is 27.1 Å². The first-order valence-corrected chi connectivity index (χ1v) is 15.7. The number of piperidine rings is 1. The van der Waals surface area contributed by atoms with Crippen LogP contribution in [0.15, 0.2) is 54.6 Å². The quantitative estimate of drug-likeness (QED) is 0.343. The van der Waals surface area contributed by atoms with Crippen LogP contribution in [-0.2, 0) is 25.0 Å². The van der Waals surface area contributed by atoms with Crippen molar-refractivity contribution in [3.63, 3.8) is 0 Å². The summed E-state index contributed by atoms with van der Waals surface area (Å²) in [6.45, 7) is 6.92. The molecule has 1 saturated heterocycles. The third kappa shape index (κ3) is 5.60. The molecule has 8 nitrogen and oxygen atoms in total. The Morgan fingerprint density at radius 2 is 1.71 bits per heavy atom. The van der Waals surface area contributed by atoms with E-state index in [0.29, 0.717) is 27.4 Å². The van der Waals surface area contributed by atoms with Crippen molar-refractivity contribution in [3.8, 4) is 5.75 Å². The summed E-state index contributed by atoms with van der Waals surface area (Å²) >= 11 is 12.8. The molecule has 3 aromatic rings. The highest BCUT2D eigenvalue weighted by atomic mass is 35.5. The van der Waals surface area contributed by atoms with Crippen molar-refractivity contribution in [3.05, 3.63) is 87.2 Å². The monoisotopic (exact) mass is 633 g/mol. The number of ether oxygens (including phenoxy) is 1. The van der Waals surface area contributed by atoms with E-state index in [4.69, 9.17) is 27.9 Å². The number of nitrogens with one attached hydrogen (secondary N) is 2. The van der Waals surface area contributed by atoms with E-state index in [1.165, 1.54) is 35.2 Å². The van der Waals surface area contributed by atoms with Gasteiger partial charge in [0.2, 0.25) is 27.8 Å². The number of benzene rings is 3. The minimum atomic E-state index is -3.87. The van der Waals surface area contributed by atoms with Crippen LogP contribution in [0.5, 0.6) is 5.75 Å². The zero-order valence-corrected chi connectivity index (χ0v) is 25.8. The lowest BCUT2D eigenvalue weighted by molar-refractivity contribution is -0.130. The van der Waals surface area contributed by atoms with Gasteiger partial charge in [0.15, 0.2) is 0 Å². The molecule has 0 bridgehead atoms. The van der Waals surface area contributed by atoms with Gasteiger partial charge in [-0.2, -0.15) is 0 Å². The number of halogens is 3. The SMILES string of the molecule is Cc1ccc(F)cc1[C@@H]1NC(=O)CC[C@@]12C(=O)N(c1cc(Cl)ccc1OCS(=O)(=O)NC(C)(C)C)c1cc(Cl)ccc12. The predicted octanol–water partition coefficient (Wildman–Crippen LogP) is 6.06. The van der Waals surface area contributed by atoms with E-state index in [0.717, 1.165) is 0 Å². The summed E-state index contributed by atoms with van der Waals surface area (Å²) in [5.74, 6) is -1.81. The van der Waals surface area contributed by atoms with Gasteiger partial charge in [-0.1, -0.05) is 35.3 Å². The van der Waals surface area contributed by atoms with Gasteiger partial charge in [-0.05, 0) is 93.3 Å². The molecule has 2 atom stereocenters. The normalized spacial score (nSPS) is 20.5. The first-order valence-electron chi connectivity index (χ1n) is 13.3. The molecule has 0 unspecified atom stereocenters. The van der Waals surface area contributed by atoms with E-state index in [-0.39, 0.29) is 35.2 Å². The largest absolute Gasteiger partial charge is 0.474 e. The molecule has 2 amide bonds. The van der Waals surface area contributed by atoms with E-state index in [2.05, 4.69) is 10.0 Å². The highest BCUT2D eigenvalue weighted by molar-refractivity contribution is 7.89. The second-order valence-electron chi connectivity index (χ2n) is 11.6. The first kappa shape index (κ1) is 30.3. The zero-order valence-electron chi connectivity index (χ0n) is 23.4. The van der Waals surface area contributed by atoms with Gasteiger partial charge in [0, 0.05) is 22.0 Å². The van der Waals surface area contributed by atoms with Crippen molar-refractivity contribution in [2.24, 2.45) is 0 Å². The van der Waals surface area contributed by atoms with Crippen molar-refractivity contribution in [2.75, 3.05) is 10.8 Å². The molecule has 0 aliphatic carbocycles. The fourth-order valence-corrected chi connectivity index (χ4v) is 7.36. The molecule has 2 aliphatic heterocycles. The molecule has 42 heavy (non-hydrogen) atoms. The predicted molar refractivity (Wildman–Crippen MR) is 160 cm³/mol. The van der Waals surface area contributed by atoms with Crippen LogP contribution in [0.3, 0.4) is 0 Å². The van der Waals surface area contributed by atoms with Crippen molar-refractivity contribution in [1.82, 2.24) is 10.0 Å². The fraction of sp³-hybridized carbons (Fsp3) is 0.333. The number of hydrogen-bond acceptors (Lipinski definition) is 5. The van der Waals surface area contributed by atoms with Gasteiger partial charge in [0.05, 0.1) is 17.4 Å². The summed E-state index contributed by atoms with van der Waals surface area (Å²) in [6.07, 6.45) is 0.201. The zero-order chi connectivity index (χ0) is 30.6. The van der Waals surface area contributed by atoms with Crippen molar-refractivity contribution in [1.29, 1.82) is 0 Å². The Labute approximate surface area is 254 Å². The second kappa shape index (κ2) is 10.8. The lowest BCUT2D eigenvalue weighted by Crippen LogP contribution is -2.54. The fourth-order valence-electron chi connectivity index (χ4n) is 5.75. The van der Waals surface area contributed by atoms with Crippen LogP contribution < -0.4 is 19.7 Å². The van der Waals surface area contributed by atoms with E-state index in [9.17, 15) is 22.4 Å². The third-order valence-electron chi connectivity index (χ3n) is 7.36. The molecule has 222 valence electrons. The third-order valence-corrected chi connectivity index (χ3v) is 9.18. The topological polar surface area (TPSA) is 105 Å². The summed E-state index contributed by atoms with van der Waals surface area (Å²) in [6, 6.07) is 12.9. The molecule has 2 aliphatic rings. The molecule has 5 rings (SSSR count). The molecular weight excluding hydrogens is 604 g/mol. The number of aryl methyl sites for hydroxylation is 1. The molecular formula is C30H30Cl2FN3O5S. The Kier molecular flexibility index (Phi) is 7.81. The summed E-state index contributed by atoms with van der Waals surface area (Å²) in [7, 11) is -3.87. The number of anilines is 2. The lowest BCUT2D eigenvalue weighted by Gasteiger charge is -2.41. The highest BCUT2D eigenvalue weighted by Gasteiger charge is 2.59. The molecule has 2 heterocycles. The van der Waals surface area contributed by atoms with E-state index in [1.807, 2.05) is 0 Å². The maximum atomic E-state index is 14.8. The van der Waals surface area contributed by atoms with E-state index >= 15 is 0 Å². The van der Waals surface area contributed by atoms with Gasteiger partial charge in [0.1, 0.15) is 17.0 Å². The summed E-state index contributed by atoms with van der Waals surface area (Å²) < 4.78 is 48.3. The summed E-state index contributed by atoms with van der Waals surface area (Å²) in [5.41, 5.74) is 0.322. The van der Waals surface area contributed by atoms with Crippen LogP contribution in [0.2, 0.25) is 10.0 Å². The number of rotatable bonds is 6. The van der Waals surface area contributed by atoms with Gasteiger partial charge in [-0.25, -0.2) is 17.5 Å². The molecule has 1 fully saturated rings. The van der Waals surface area contributed by atoms with Crippen molar-refractivity contribution >= 4 is 56.4 Å². The van der Waals surface area contributed by atoms with Crippen LogP contribution in [0.4, 0.5) is 15.8 Å². The Hall–Kier alpha value is -3.18. The highest BCUT2D eigenvalue weighted by Crippen LogP contribution is 2.57. The molecule has 0 aromatic heterocycles. The van der Waals surface area contributed by atoms with Gasteiger partial charge >= 0.3 is 0 Å². The Morgan fingerprint density at radius 1 is 1.05 bits per heavy atom. The van der Waals surface area contributed by atoms with Crippen LogP contribution in [0.25, 0.3) is 0 Å². The van der Waals surface area contributed by atoms with Gasteiger partial charge < -0.3 is 10.1 Å². The minimum Gasteiger partial charge on any atom is -0.474 e. The Balaban J connectivity index is 1.66. The van der Waals surface area contributed by atoms with E-state index < -0.39 is 44.7 Å². The standard InChI is InChI=1S/C30H30Cl2FN3O5S/c1-17-5-8-20(33)15-21(17)27-30(12-11-26(37)34-27)22-9-6-18(31)13-23(22)36(28(30)38)24-14-19(32)7-10-25(24)41-16-42(39,40)35-29(2,3)4/h5-10,13-15,27,35H,11-12,16H2,1-4H3,(H,34,37)/t27-,30-/m0/s1. The maximum Gasteiger partial charge on any atom is 0.247 e. The van der Waals surface area contributed by atoms with Gasteiger partial charge in [-0.15, -0.1) is 0 Å². The Bertz CT molecular complexity index is 1710. The number of amides is 2. The molecule has 1 spiro atoms. The lowest BCUT2D eigenvalue weighted by atomic mass is 9.67. The molecule has 2 N–H and O–H groups in total. The smallest absolute Gasteiger partial charge is 0.247 e. The molecule has 3 aromatic carbocycles. The molecule has 0 saturated carbocycles. The maximum absolute atomic E-state index is 14.8. The average Bonchev–Trinajstić information content (AvgIpc) is 3.12. The summed E-state index contributed by atoms with van der Waals surface area (Å²) in [4.78, 5) is 28.9. The van der Waals surface area contributed by atoms with Crippen LogP contribution >= 0.6 is 23.2 Å². The van der Waals surface area contributed by atoms with E-state index in [1.54, 1.807) is 52.0 Å². The Morgan fingerprint density at radius 3 is 2.40 bits per heavy atom. The molecule has 0 radical (unpaired) electrons. The van der Waals surface area contributed by atoms with Crippen molar-refractivity contribution in [2.45, 2.75) is 57.5 Å². The number of nitrogens with zero attached hydrogens (tertiary/aromatic N) is 1.